The summed E-state index contributed by atoms with van der Waals surface area (Å²) in [5.41, 5.74) is 0.986. The van der Waals surface area contributed by atoms with Crippen molar-refractivity contribution < 1.29 is 29.3 Å². The predicted molar refractivity (Wildman–Crippen MR) is 117 cm³/mol. The number of aromatic carboxylic acids is 1. The number of aromatic amines is 1. The first kappa shape index (κ1) is 21.9. The lowest BCUT2D eigenvalue weighted by molar-refractivity contribution is -0.130. The maximum atomic E-state index is 12.0. The maximum absolute atomic E-state index is 12.0. The minimum atomic E-state index is -1.26. The first-order valence-electron chi connectivity index (χ1n) is 9.34. The van der Waals surface area contributed by atoms with Crippen LogP contribution in [0.1, 0.15) is 35.0 Å². The lowest BCUT2D eigenvalue weighted by atomic mass is 10.0. The summed E-state index contributed by atoms with van der Waals surface area (Å²) >= 11 is 5.98. The van der Waals surface area contributed by atoms with E-state index in [1.54, 1.807) is 36.4 Å². The Kier molecular flexibility index (Phi) is 6.61. The summed E-state index contributed by atoms with van der Waals surface area (Å²) < 4.78 is 4.97. The number of carboxylic acids is 2. The Bertz CT molecular complexity index is 1200. The molecular weight excluding hydrogens is 424 g/mol. The number of halogens is 1. The zero-order valence-corrected chi connectivity index (χ0v) is 17.2. The van der Waals surface area contributed by atoms with Crippen molar-refractivity contribution in [2.45, 2.75) is 13.3 Å². The van der Waals surface area contributed by atoms with E-state index in [4.69, 9.17) is 16.3 Å². The van der Waals surface area contributed by atoms with Crippen LogP contribution >= 0.6 is 11.6 Å². The molecule has 0 atom stereocenters. The molecule has 0 bridgehead atoms. The van der Waals surface area contributed by atoms with Crippen molar-refractivity contribution in [3.05, 3.63) is 64.3 Å². The maximum Gasteiger partial charge on any atom is 0.411 e. The van der Waals surface area contributed by atoms with Crippen molar-refractivity contribution >= 4 is 57.9 Å². The molecule has 0 aliphatic rings. The number of hydrogen-bond donors (Lipinski definition) is 4. The summed E-state index contributed by atoms with van der Waals surface area (Å²) in [4.78, 5) is 38.3. The van der Waals surface area contributed by atoms with Gasteiger partial charge >= 0.3 is 18.0 Å². The van der Waals surface area contributed by atoms with Gasteiger partial charge in [0.25, 0.3) is 0 Å². The highest BCUT2D eigenvalue weighted by Gasteiger charge is 2.19. The van der Waals surface area contributed by atoms with E-state index in [-0.39, 0.29) is 29.0 Å². The molecule has 0 aliphatic carbocycles. The highest BCUT2D eigenvalue weighted by molar-refractivity contribution is 6.31. The molecule has 0 saturated carbocycles. The summed E-state index contributed by atoms with van der Waals surface area (Å²) in [5.74, 6) is -2.50. The van der Waals surface area contributed by atoms with E-state index < -0.39 is 18.0 Å². The van der Waals surface area contributed by atoms with Gasteiger partial charge in [0, 0.05) is 27.2 Å². The number of benzene rings is 2. The molecule has 3 aromatic rings. The summed E-state index contributed by atoms with van der Waals surface area (Å²) in [7, 11) is 0. The number of nitrogens with one attached hydrogen (secondary N) is 2. The van der Waals surface area contributed by atoms with Crippen molar-refractivity contribution in [2.75, 3.05) is 11.9 Å². The van der Waals surface area contributed by atoms with Crippen molar-refractivity contribution in [2.24, 2.45) is 0 Å². The van der Waals surface area contributed by atoms with E-state index >= 15 is 0 Å². The number of fused-ring (bicyclic) bond motifs is 1. The number of hydrogen-bond acceptors (Lipinski definition) is 4. The quantitative estimate of drug-likeness (QED) is 0.376. The molecule has 0 saturated heterocycles. The average Bonchev–Trinajstić information content (AvgIpc) is 3.08. The molecule has 8 nitrogen and oxygen atoms in total. The fourth-order valence-corrected chi connectivity index (χ4v) is 3.21. The standard InChI is InChI=1S/C22H19ClN2O6/c1-2-8-31-22(30)24-14-5-3-4-12(9-14)16(20(26)27)11-17-15-7-6-13(23)10-18(15)25-19(17)21(28)29/h3-7,9-11,25H,2,8H2,1H3,(H,24,30)(H,26,27)(H,28,29). The molecule has 31 heavy (non-hydrogen) atoms. The second kappa shape index (κ2) is 9.36. The van der Waals surface area contributed by atoms with Gasteiger partial charge in [-0.3, -0.25) is 5.32 Å². The second-order valence-electron chi connectivity index (χ2n) is 6.61. The van der Waals surface area contributed by atoms with Gasteiger partial charge in [-0.15, -0.1) is 0 Å². The second-order valence-corrected chi connectivity index (χ2v) is 7.05. The average molecular weight is 443 g/mol. The molecule has 9 heteroatoms. The van der Waals surface area contributed by atoms with Crippen LogP contribution in [0.5, 0.6) is 0 Å². The summed E-state index contributed by atoms with van der Waals surface area (Å²) in [6.07, 6.45) is 1.30. The zero-order valence-electron chi connectivity index (χ0n) is 16.4. The third-order valence-electron chi connectivity index (χ3n) is 4.39. The van der Waals surface area contributed by atoms with Crippen molar-refractivity contribution in [3.8, 4) is 0 Å². The molecule has 0 unspecified atom stereocenters. The molecule has 1 amide bonds. The third-order valence-corrected chi connectivity index (χ3v) is 4.63. The molecule has 0 radical (unpaired) electrons. The Morgan fingerprint density at radius 1 is 1.16 bits per heavy atom. The highest BCUT2D eigenvalue weighted by atomic mass is 35.5. The van der Waals surface area contributed by atoms with Gasteiger partial charge < -0.3 is 19.9 Å². The largest absolute Gasteiger partial charge is 0.478 e. The number of aromatic nitrogens is 1. The molecule has 4 N–H and O–H groups in total. The number of H-pyrrole nitrogens is 1. The van der Waals surface area contributed by atoms with Crippen LogP contribution in [0.3, 0.4) is 0 Å². The summed E-state index contributed by atoms with van der Waals surface area (Å²) in [5, 5.41) is 22.8. The predicted octanol–water partition coefficient (Wildman–Crippen LogP) is 5.10. The SMILES string of the molecule is CCCOC(=O)Nc1cccc(C(=Cc2c(C(=O)O)[nH]c3cc(Cl)ccc23)C(=O)O)c1. The van der Waals surface area contributed by atoms with E-state index in [1.807, 2.05) is 6.92 Å². The van der Waals surface area contributed by atoms with E-state index in [9.17, 15) is 24.6 Å². The van der Waals surface area contributed by atoms with Gasteiger partial charge in [-0.25, -0.2) is 14.4 Å². The van der Waals surface area contributed by atoms with Gasteiger partial charge in [0.1, 0.15) is 5.69 Å². The Labute approximate surface area is 182 Å². The fraction of sp³-hybridized carbons (Fsp3) is 0.136. The molecular formula is C22H19ClN2O6. The van der Waals surface area contributed by atoms with Crippen LogP contribution in [-0.2, 0) is 9.53 Å². The number of carbonyl (C=O) groups is 3. The molecule has 3 rings (SSSR count). The van der Waals surface area contributed by atoms with Crippen LogP contribution < -0.4 is 5.32 Å². The van der Waals surface area contributed by atoms with Crippen molar-refractivity contribution in [1.29, 1.82) is 0 Å². The van der Waals surface area contributed by atoms with Gasteiger partial charge in [-0.05, 0) is 42.3 Å². The van der Waals surface area contributed by atoms with E-state index in [1.165, 1.54) is 12.1 Å². The third kappa shape index (κ3) is 5.04. The number of carbonyl (C=O) groups excluding carboxylic acids is 1. The van der Waals surface area contributed by atoms with Gasteiger partial charge in [0.2, 0.25) is 0 Å². The van der Waals surface area contributed by atoms with Crippen molar-refractivity contribution in [3.63, 3.8) is 0 Å². The topological polar surface area (TPSA) is 129 Å². The van der Waals surface area contributed by atoms with Crippen LogP contribution in [0.2, 0.25) is 5.02 Å². The van der Waals surface area contributed by atoms with Crippen LogP contribution in [0.4, 0.5) is 10.5 Å². The Balaban J connectivity index is 2.07. The highest BCUT2D eigenvalue weighted by Crippen LogP contribution is 2.30. The van der Waals surface area contributed by atoms with Gasteiger partial charge in [0.15, 0.2) is 0 Å². The zero-order chi connectivity index (χ0) is 22.5. The number of ether oxygens (including phenoxy) is 1. The molecule has 1 heterocycles. The smallest absolute Gasteiger partial charge is 0.411 e. The number of carboxylic acid groups (broad SMARTS) is 2. The lowest BCUT2D eigenvalue weighted by Gasteiger charge is -2.09. The lowest BCUT2D eigenvalue weighted by Crippen LogP contribution is -2.14. The van der Waals surface area contributed by atoms with Crippen LogP contribution in [0.15, 0.2) is 42.5 Å². The minimum absolute atomic E-state index is 0.149. The molecule has 2 aromatic carbocycles. The van der Waals surface area contributed by atoms with Crippen LogP contribution in [0.25, 0.3) is 22.6 Å². The molecule has 160 valence electrons. The minimum Gasteiger partial charge on any atom is -0.478 e. The Morgan fingerprint density at radius 2 is 1.94 bits per heavy atom. The van der Waals surface area contributed by atoms with E-state index in [2.05, 4.69) is 10.3 Å². The number of anilines is 1. The normalized spacial score (nSPS) is 11.4. The van der Waals surface area contributed by atoms with Crippen molar-refractivity contribution in [1.82, 2.24) is 4.98 Å². The van der Waals surface area contributed by atoms with Gasteiger partial charge in [-0.1, -0.05) is 36.7 Å². The van der Waals surface area contributed by atoms with Gasteiger partial charge in [0.05, 0.1) is 12.2 Å². The summed E-state index contributed by atoms with van der Waals surface area (Å²) in [6.45, 7) is 2.12. The molecule has 0 fully saturated rings. The van der Waals surface area contributed by atoms with E-state index in [0.717, 1.165) is 0 Å². The van der Waals surface area contributed by atoms with E-state index in [0.29, 0.717) is 28.0 Å². The molecule has 0 spiro atoms. The fourth-order valence-electron chi connectivity index (χ4n) is 3.04. The van der Waals surface area contributed by atoms with Crippen LogP contribution in [-0.4, -0.2) is 39.8 Å². The number of amides is 1. The first-order chi connectivity index (χ1) is 14.8. The van der Waals surface area contributed by atoms with Crippen LogP contribution in [0, 0.1) is 0 Å². The molecule has 1 aromatic heterocycles. The first-order valence-corrected chi connectivity index (χ1v) is 9.71. The van der Waals surface area contributed by atoms with Gasteiger partial charge in [-0.2, -0.15) is 0 Å². The number of rotatable bonds is 7. The Hall–Kier alpha value is -3.78. The molecule has 0 aliphatic heterocycles. The number of aliphatic carboxylic acids is 1. The monoisotopic (exact) mass is 442 g/mol. The Morgan fingerprint density at radius 3 is 2.61 bits per heavy atom. The summed E-state index contributed by atoms with van der Waals surface area (Å²) in [6, 6.07) is 11.0.